The van der Waals surface area contributed by atoms with Gasteiger partial charge in [0.25, 0.3) is 0 Å². The number of hydrogen-bond donors (Lipinski definition) is 0. The molecule has 0 unspecified atom stereocenters. The van der Waals surface area contributed by atoms with Crippen LogP contribution in [0, 0.1) is 0 Å². The minimum atomic E-state index is 0.214. The van der Waals surface area contributed by atoms with Gasteiger partial charge in [0, 0.05) is 20.1 Å². The largest absolute Gasteiger partial charge is 0.357 e. The molecule has 0 fully saturated rings. The van der Waals surface area contributed by atoms with Crippen molar-refractivity contribution >= 4 is 29.0 Å². The minimum absolute atomic E-state index is 0.214. The Morgan fingerprint density at radius 1 is 1.20 bits per heavy atom. The zero-order valence-corrected chi connectivity index (χ0v) is 10.5. The molecule has 0 aliphatic carbocycles. The number of hydrogen-bond acceptors (Lipinski definition) is 4. The summed E-state index contributed by atoms with van der Waals surface area (Å²) < 4.78 is 0. The van der Waals surface area contributed by atoms with Crippen LogP contribution in [0.15, 0.2) is 6.20 Å². The molecule has 0 amide bonds. The highest BCUT2D eigenvalue weighted by Crippen LogP contribution is 2.22. The molecule has 0 aliphatic heterocycles. The van der Waals surface area contributed by atoms with Gasteiger partial charge in [-0.3, -0.25) is 0 Å². The first-order chi connectivity index (χ1) is 7.00. The van der Waals surface area contributed by atoms with Gasteiger partial charge in [-0.25, -0.2) is 4.98 Å². The van der Waals surface area contributed by atoms with Crippen molar-refractivity contribution in [3.63, 3.8) is 0 Å². The van der Waals surface area contributed by atoms with Crippen molar-refractivity contribution in [1.29, 1.82) is 0 Å². The third-order valence-electron chi connectivity index (χ3n) is 1.94. The number of likely N-dealkylation sites (N-methyl/N-ethyl adjacent to an activating group) is 2. The molecule has 0 N–H and O–H groups in total. The lowest BCUT2D eigenvalue weighted by molar-refractivity contribution is 0.416. The van der Waals surface area contributed by atoms with Crippen LogP contribution in [0.2, 0.25) is 10.3 Å². The second kappa shape index (κ2) is 5.49. The Hall–Kier alpha value is -0.580. The third kappa shape index (κ3) is 3.81. The molecule has 0 saturated carbocycles. The van der Waals surface area contributed by atoms with Crippen molar-refractivity contribution in [2.45, 2.75) is 0 Å². The molecule has 0 aliphatic rings. The fourth-order valence-corrected chi connectivity index (χ4v) is 1.43. The van der Waals surface area contributed by atoms with Crippen LogP contribution in [0.5, 0.6) is 0 Å². The molecule has 0 aromatic carbocycles. The van der Waals surface area contributed by atoms with Gasteiger partial charge in [0.15, 0.2) is 5.82 Å². The van der Waals surface area contributed by atoms with Gasteiger partial charge in [0.1, 0.15) is 5.02 Å². The lowest BCUT2D eigenvalue weighted by Crippen LogP contribution is -2.29. The molecule has 1 heterocycles. The molecular formula is C9H14Cl2N4. The summed E-state index contributed by atoms with van der Waals surface area (Å²) in [6.45, 7) is 1.76. The number of aromatic nitrogens is 2. The van der Waals surface area contributed by atoms with Crippen LogP contribution in [-0.4, -0.2) is 49.1 Å². The van der Waals surface area contributed by atoms with E-state index in [1.165, 1.54) is 6.20 Å². The molecule has 1 aromatic rings. The summed E-state index contributed by atoms with van der Waals surface area (Å²) in [6.07, 6.45) is 1.51. The Bertz CT molecular complexity index is 330. The first kappa shape index (κ1) is 12.5. The van der Waals surface area contributed by atoms with Gasteiger partial charge < -0.3 is 9.80 Å². The molecule has 0 bridgehead atoms. The van der Waals surface area contributed by atoms with E-state index >= 15 is 0 Å². The Morgan fingerprint density at radius 2 is 1.87 bits per heavy atom. The van der Waals surface area contributed by atoms with Gasteiger partial charge in [-0.05, 0) is 25.7 Å². The van der Waals surface area contributed by atoms with E-state index in [1.54, 1.807) is 0 Å². The SMILES string of the molecule is CN(C)CCN(C)c1nc(Cl)ncc1Cl. The van der Waals surface area contributed by atoms with Crippen molar-refractivity contribution in [3.8, 4) is 0 Å². The fourth-order valence-electron chi connectivity index (χ4n) is 1.06. The van der Waals surface area contributed by atoms with Crippen LogP contribution < -0.4 is 4.90 Å². The molecule has 15 heavy (non-hydrogen) atoms. The second-order valence-electron chi connectivity index (χ2n) is 3.54. The summed E-state index contributed by atoms with van der Waals surface area (Å²) in [7, 11) is 5.96. The highest BCUT2D eigenvalue weighted by Gasteiger charge is 2.09. The number of halogens is 2. The average molecular weight is 249 g/mol. The number of rotatable bonds is 4. The van der Waals surface area contributed by atoms with Gasteiger partial charge in [0.05, 0.1) is 6.20 Å². The predicted molar refractivity (Wildman–Crippen MR) is 63.9 cm³/mol. The molecule has 1 aromatic heterocycles. The normalized spacial score (nSPS) is 10.8. The van der Waals surface area contributed by atoms with E-state index in [1.807, 2.05) is 26.0 Å². The van der Waals surface area contributed by atoms with E-state index in [0.717, 1.165) is 13.1 Å². The zero-order valence-electron chi connectivity index (χ0n) is 9.04. The number of nitrogens with zero attached hydrogens (tertiary/aromatic N) is 4. The van der Waals surface area contributed by atoms with Crippen LogP contribution in [0.1, 0.15) is 0 Å². The van der Waals surface area contributed by atoms with E-state index < -0.39 is 0 Å². The first-order valence-electron chi connectivity index (χ1n) is 4.54. The molecular weight excluding hydrogens is 235 g/mol. The maximum absolute atomic E-state index is 5.97. The smallest absolute Gasteiger partial charge is 0.224 e. The minimum Gasteiger partial charge on any atom is -0.357 e. The Morgan fingerprint density at radius 3 is 2.47 bits per heavy atom. The number of anilines is 1. The van der Waals surface area contributed by atoms with Gasteiger partial charge in [-0.15, -0.1) is 0 Å². The first-order valence-corrected chi connectivity index (χ1v) is 5.30. The molecule has 0 radical (unpaired) electrons. The van der Waals surface area contributed by atoms with Crippen molar-refractivity contribution < 1.29 is 0 Å². The molecule has 0 saturated heterocycles. The maximum atomic E-state index is 5.97. The molecule has 4 nitrogen and oxygen atoms in total. The Labute approximate surface area is 99.8 Å². The van der Waals surface area contributed by atoms with Crippen molar-refractivity contribution in [2.24, 2.45) is 0 Å². The highest BCUT2D eigenvalue weighted by molar-refractivity contribution is 6.33. The highest BCUT2D eigenvalue weighted by atomic mass is 35.5. The fraction of sp³-hybridized carbons (Fsp3) is 0.556. The van der Waals surface area contributed by atoms with Crippen LogP contribution >= 0.6 is 23.2 Å². The second-order valence-corrected chi connectivity index (χ2v) is 4.28. The van der Waals surface area contributed by atoms with E-state index in [9.17, 15) is 0 Å². The maximum Gasteiger partial charge on any atom is 0.224 e. The summed E-state index contributed by atoms with van der Waals surface area (Å²) in [5.74, 6) is 0.665. The summed E-state index contributed by atoms with van der Waals surface area (Å²) in [5, 5.41) is 0.728. The van der Waals surface area contributed by atoms with Crippen LogP contribution in [0.3, 0.4) is 0 Å². The van der Waals surface area contributed by atoms with E-state index in [-0.39, 0.29) is 5.28 Å². The quantitative estimate of drug-likeness (QED) is 0.761. The van der Waals surface area contributed by atoms with Gasteiger partial charge in [-0.1, -0.05) is 11.6 Å². The lowest BCUT2D eigenvalue weighted by atomic mass is 10.4. The van der Waals surface area contributed by atoms with E-state index in [4.69, 9.17) is 23.2 Å². The third-order valence-corrected chi connectivity index (χ3v) is 2.39. The molecule has 6 heteroatoms. The van der Waals surface area contributed by atoms with E-state index in [2.05, 4.69) is 14.9 Å². The van der Waals surface area contributed by atoms with Crippen molar-refractivity contribution in [3.05, 3.63) is 16.5 Å². The summed E-state index contributed by atoms with van der Waals surface area (Å²) in [4.78, 5) is 11.9. The van der Waals surface area contributed by atoms with E-state index in [0.29, 0.717) is 10.8 Å². The zero-order chi connectivity index (χ0) is 11.4. The monoisotopic (exact) mass is 248 g/mol. The Balaban J connectivity index is 2.72. The Kier molecular flexibility index (Phi) is 4.57. The van der Waals surface area contributed by atoms with Crippen molar-refractivity contribution in [1.82, 2.24) is 14.9 Å². The molecule has 0 atom stereocenters. The molecule has 1 rings (SSSR count). The van der Waals surface area contributed by atoms with Gasteiger partial charge in [-0.2, -0.15) is 4.98 Å². The summed E-state index contributed by atoms with van der Waals surface area (Å²) in [5.41, 5.74) is 0. The summed E-state index contributed by atoms with van der Waals surface area (Å²) >= 11 is 11.7. The van der Waals surface area contributed by atoms with Crippen LogP contribution in [0.4, 0.5) is 5.82 Å². The van der Waals surface area contributed by atoms with Crippen LogP contribution in [0.25, 0.3) is 0 Å². The summed E-state index contributed by atoms with van der Waals surface area (Å²) in [6, 6.07) is 0. The van der Waals surface area contributed by atoms with Crippen LogP contribution in [-0.2, 0) is 0 Å². The average Bonchev–Trinajstić information content (AvgIpc) is 2.18. The molecule has 84 valence electrons. The topological polar surface area (TPSA) is 32.3 Å². The van der Waals surface area contributed by atoms with Gasteiger partial charge >= 0.3 is 0 Å². The standard InChI is InChI=1S/C9H14Cl2N4/c1-14(2)4-5-15(3)8-7(10)6-12-9(11)13-8/h6H,4-5H2,1-3H3. The lowest BCUT2D eigenvalue weighted by Gasteiger charge is -2.21. The molecule has 0 spiro atoms. The van der Waals surface area contributed by atoms with Crippen molar-refractivity contribution in [2.75, 3.05) is 39.1 Å². The van der Waals surface area contributed by atoms with Gasteiger partial charge in [0.2, 0.25) is 5.28 Å². The predicted octanol–water partition coefficient (Wildman–Crippen LogP) is 1.78.